The van der Waals surface area contributed by atoms with Crippen LogP contribution in [0.2, 0.25) is 0 Å². The van der Waals surface area contributed by atoms with Gasteiger partial charge in [0.2, 0.25) is 0 Å². The number of aryl methyl sites for hydroxylation is 1. The van der Waals surface area contributed by atoms with Gasteiger partial charge in [-0.05, 0) is 44.2 Å². The van der Waals surface area contributed by atoms with Gasteiger partial charge >= 0.3 is 0 Å². The molecule has 0 saturated carbocycles. The Balaban J connectivity index is 2.77. The van der Waals surface area contributed by atoms with Crippen molar-refractivity contribution in [3.05, 3.63) is 35.4 Å². The van der Waals surface area contributed by atoms with E-state index in [2.05, 4.69) is 39.5 Å². The lowest BCUT2D eigenvalue weighted by Gasteiger charge is -2.36. The van der Waals surface area contributed by atoms with Crippen molar-refractivity contribution in [2.45, 2.75) is 98.8 Å². The maximum absolute atomic E-state index is 13.0. The van der Waals surface area contributed by atoms with E-state index in [9.17, 15) is 4.79 Å². The number of unbranched alkanes of at least 4 members (excludes halogenated alkanes) is 6. The van der Waals surface area contributed by atoms with E-state index in [-0.39, 0.29) is 11.3 Å². The Bertz CT molecular complexity index is 508. The fourth-order valence-corrected chi connectivity index (χ4v) is 3.91. The lowest BCUT2D eigenvalue weighted by Crippen LogP contribution is -2.40. The molecule has 0 unspecified atom stereocenters. The summed E-state index contributed by atoms with van der Waals surface area (Å²) in [5, 5.41) is 0. The Hall–Kier alpha value is -1.31. The molecule has 0 atom stereocenters. The van der Waals surface area contributed by atoms with E-state index in [1.807, 2.05) is 24.3 Å². The summed E-state index contributed by atoms with van der Waals surface area (Å²) in [6.45, 7) is 12.8. The number of rotatable bonds is 14. The summed E-state index contributed by atoms with van der Waals surface area (Å²) in [5.74, 6) is 0.186. The average Bonchev–Trinajstić information content (AvgIpc) is 2.67. The van der Waals surface area contributed by atoms with Crippen LogP contribution in [0.5, 0.6) is 0 Å². The number of benzene rings is 1. The summed E-state index contributed by atoms with van der Waals surface area (Å²) >= 11 is 0. The molecule has 0 radical (unpaired) electrons. The van der Waals surface area contributed by atoms with Crippen LogP contribution in [0.25, 0.3) is 0 Å². The summed E-state index contributed by atoms with van der Waals surface area (Å²) in [5.41, 5.74) is 2.26. The van der Waals surface area contributed by atoms with Gasteiger partial charge in [0.1, 0.15) is 0 Å². The molecule has 1 amide bonds. The van der Waals surface area contributed by atoms with Crippen LogP contribution >= 0.6 is 0 Å². The van der Waals surface area contributed by atoms with Crippen molar-refractivity contribution < 1.29 is 4.79 Å². The van der Waals surface area contributed by atoms with Crippen LogP contribution in [0.3, 0.4) is 0 Å². The summed E-state index contributed by atoms with van der Waals surface area (Å²) in [6.07, 6.45) is 12.9. The highest BCUT2D eigenvalue weighted by Gasteiger charge is 2.28. The molecule has 1 aromatic rings. The van der Waals surface area contributed by atoms with Crippen molar-refractivity contribution in [3.8, 4) is 0 Å². The third kappa shape index (κ3) is 8.95. The highest BCUT2D eigenvalue weighted by molar-refractivity contribution is 5.94. The Morgan fingerprint density at radius 3 is 1.81 bits per heavy atom. The van der Waals surface area contributed by atoms with Crippen molar-refractivity contribution in [1.29, 1.82) is 0 Å². The molecule has 1 rings (SSSR count). The van der Waals surface area contributed by atoms with Crippen LogP contribution in [0.4, 0.5) is 0 Å². The third-order valence-electron chi connectivity index (χ3n) is 5.81. The van der Waals surface area contributed by atoms with Crippen molar-refractivity contribution in [2.75, 3.05) is 13.1 Å². The van der Waals surface area contributed by atoms with Crippen LogP contribution in [-0.2, 0) is 0 Å². The monoisotopic (exact) mass is 373 g/mol. The summed E-state index contributed by atoms with van der Waals surface area (Å²) in [7, 11) is 0. The minimum absolute atomic E-state index is 0.186. The molecule has 0 aliphatic rings. The lowest BCUT2D eigenvalue weighted by molar-refractivity contribution is 0.0654. The molecular weight excluding hydrogens is 330 g/mol. The molecule has 0 fully saturated rings. The standard InChI is InChI=1S/C25H43NO/c1-6-9-11-13-19-25(5,20-14-12-10-7-2)21-26(8-3)24(27)23-17-15-22(4)16-18-23/h15-18H,6-14,19-21H2,1-5H3. The van der Waals surface area contributed by atoms with E-state index in [1.54, 1.807) is 0 Å². The van der Waals surface area contributed by atoms with Crippen molar-refractivity contribution in [2.24, 2.45) is 5.41 Å². The molecule has 0 spiro atoms. The van der Waals surface area contributed by atoms with Gasteiger partial charge in [0.25, 0.3) is 5.91 Å². The van der Waals surface area contributed by atoms with Crippen molar-refractivity contribution >= 4 is 5.91 Å². The van der Waals surface area contributed by atoms with Gasteiger partial charge in [-0.1, -0.05) is 89.8 Å². The zero-order valence-electron chi connectivity index (χ0n) is 18.7. The summed E-state index contributed by atoms with van der Waals surface area (Å²) in [4.78, 5) is 15.1. The molecule has 2 heteroatoms. The number of hydrogen-bond donors (Lipinski definition) is 0. The zero-order chi connectivity index (χ0) is 20.1. The molecule has 2 nitrogen and oxygen atoms in total. The number of carbonyl (C=O) groups excluding carboxylic acids is 1. The highest BCUT2D eigenvalue weighted by Crippen LogP contribution is 2.33. The zero-order valence-corrected chi connectivity index (χ0v) is 18.7. The number of amides is 1. The normalized spacial score (nSPS) is 11.6. The predicted octanol–water partition coefficient (Wildman–Crippen LogP) is 7.40. The van der Waals surface area contributed by atoms with Gasteiger partial charge < -0.3 is 4.90 Å². The topological polar surface area (TPSA) is 20.3 Å². The molecule has 0 bridgehead atoms. The van der Waals surface area contributed by atoms with E-state index < -0.39 is 0 Å². The van der Waals surface area contributed by atoms with Gasteiger partial charge in [-0.15, -0.1) is 0 Å². The lowest BCUT2D eigenvalue weighted by atomic mass is 9.79. The Labute approximate surface area is 168 Å². The van der Waals surface area contributed by atoms with Crippen LogP contribution in [0.1, 0.15) is 108 Å². The Morgan fingerprint density at radius 2 is 1.37 bits per heavy atom. The van der Waals surface area contributed by atoms with Crippen molar-refractivity contribution in [3.63, 3.8) is 0 Å². The summed E-state index contributed by atoms with van der Waals surface area (Å²) < 4.78 is 0. The Kier molecular flexibility index (Phi) is 11.4. The molecule has 0 aliphatic carbocycles. The first kappa shape index (κ1) is 23.7. The fourth-order valence-electron chi connectivity index (χ4n) is 3.91. The second kappa shape index (κ2) is 13.0. The molecule has 0 saturated heterocycles. The summed E-state index contributed by atoms with van der Waals surface area (Å²) in [6, 6.07) is 8.02. The molecule has 0 N–H and O–H groups in total. The molecule has 1 aromatic carbocycles. The van der Waals surface area contributed by atoms with E-state index in [0.717, 1.165) is 18.7 Å². The van der Waals surface area contributed by atoms with Gasteiger partial charge in [-0.2, -0.15) is 0 Å². The SMILES string of the molecule is CCCCCCC(C)(CCCCCC)CN(CC)C(=O)c1ccc(C)cc1. The second-order valence-electron chi connectivity index (χ2n) is 8.62. The van der Waals surface area contributed by atoms with Crippen LogP contribution < -0.4 is 0 Å². The maximum Gasteiger partial charge on any atom is 0.253 e. The first-order chi connectivity index (χ1) is 13.0. The average molecular weight is 374 g/mol. The number of hydrogen-bond acceptors (Lipinski definition) is 1. The van der Waals surface area contributed by atoms with E-state index in [4.69, 9.17) is 0 Å². The van der Waals surface area contributed by atoms with Crippen molar-refractivity contribution in [1.82, 2.24) is 4.90 Å². The van der Waals surface area contributed by atoms with Gasteiger partial charge in [-0.3, -0.25) is 4.79 Å². The second-order valence-corrected chi connectivity index (χ2v) is 8.62. The fraction of sp³-hybridized carbons (Fsp3) is 0.720. The van der Waals surface area contributed by atoms with Gasteiger partial charge in [-0.25, -0.2) is 0 Å². The van der Waals surface area contributed by atoms with E-state index in [1.165, 1.54) is 69.8 Å². The minimum atomic E-state index is 0.186. The minimum Gasteiger partial charge on any atom is -0.338 e. The molecule has 154 valence electrons. The van der Waals surface area contributed by atoms with Gasteiger partial charge in [0, 0.05) is 18.7 Å². The molecule has 0 heterocycles. The Morgan fingerprint density at radius 1 is 0.852 bits per heavy atom. The van der Waals surface area contributed by atoms with E-state index >= 15 is 0 Å². The molecule has 0 aromatic heterocycles. The quantitative estimate of drug-likeness (QED) is 0.311. The highest BCUT2D eigenvalue weighted by atomic mass is 16.2. The van der Waals surface area contributed by atoms with Gasteiger partial charge in [0.05, 0.1) is 0 Å². The largest absolute Gasteiger partial charge is 0.338 e. The maximum atomic E-state index is 13.0. The van der Waals surface area contributed by atoms with Crippen LogP contribution in [0.15, 0.2) is 24.3 Å². The first-order valence-electron chi connectivity index (χ1n) is 11.3. The van der Waals surface area contributed by atoms with Crippen LogP contribution in [-0.4, -0.2) is 23.9 Å². The predicted molar refractivity (Wildman–Crippen MR) is 118 cm³/mol. The molecule has 27 heavy (non-hydrogen) atoms. The molecule has 0 aliphatic heterocycles. The smallest absolute Gasteiger partial charge is 0.253 e. The van der Waals surface area contributed by atoms with Crippen LogP contribution in [0, 0.1) is 12.3 Å². The molecular formula is C25H43NO. The number of nitrogens with zero attached hydrogens (tertiary/aromatic N) is 1. The van der Waals surface area contributed by atoms with Gasteiger partial charge in [0.15, 0.2) is 0 Å². The third-order valence-corrected chi connectivity index (χ3v) is 5.81. The first-order valence-corrected chi connectivity index (χ1v) is 11.3. The number of carbonyl (C=O) groups is 1. The van der Waals surface area contributed by atoms with E-state index in [0.29, 0.717) is 0 Å².